The van der Waals surface area contributed by atoms with Crippen molar-refractivity contribution in [2.24, 2.45) is 5.10 Å². The van der Waals surface area contributed by atoms with Gasteiger partial charge in [-0.25, -0.2) is 5.43 Å². The Balaban J connectivity index is 1.53. The number of ether oxygens (including phenoxy) is 2. The Kier molecular flexibility index (Phi) is 4.69. The number of nitro groups is 2. The second-order valence-corrected chi connectivity index (χ2v) is 6.21. The Morgan fingerprint density at radius 1 is 1.28 bits per heavy atom. The molecule has 1 aromatic carbocycles. The van der Waals surface area contributed by atoms with Gasteiger partial charge in [-0.1, -0.05) is 17.1 Å². The lowest BCUT2D eigenvalue weighted by Crippen LogP contribution is -2.38. The Morgan fingerprint density at radius 2 is 2.07 bits per heavy atom. The number of nitrogens with zero attached hydrogens (tertiary/aromatic N) is 6. The lowest BCUT2D eigenvalue weighted by molar-refractivity contribution is -0.394. The van der Waals surface area contributed by atoms with Gasteiger partial charge in [0.25, 0.3) is 11.6 Å². The van der Waals surface area contributed by atoms with Crippen LogP contribution in [0.15, 0.2) is 35.7 Å². The molecule has 3 atom stereocenters. The SMILES string of the molecule is O=C(NN=C1CC(n2cnc([N+](=O)[O-])n2)C2COC1O2)c1ccccc1[N+](=O)[O-]. The van der Waals surface area contributed by atoms with Crippen LogP contribution in [0.1, 0.15) is 22.8 Å². The normalized spacial score (nSPS) is 24.4. The number of carbonyl (C=O) groups excluding carboxylic acids is 1. The average Bonchev–Trinajstić information content (AvgIpc) is 3.36. The number of hydrogen-bond donors (Lipinski definition) is 1. The Bertz CT molecular complexity index is 1020. The quantitative estimate of drug-likeness (QED) is 0.552. The summed E-state index contributed by atoms with van der Waals surface area (Å²) in [4.78, 5) is 36.5. The van der Waals surface area contributed by atoms with Crippen LogP contribution in [-0.4, -0.2) is 55.2 Å². The lowest BCUT2D eigenvalue weighted by Gasteiger charge is -2.26. The molecule has 0 spiro atoms. The van der Waals surface area contributed by atoms with Crippen LogP contribution in [0.5, 0.6) is 0 Å². The van der Waals surface area contributed by atoms with Crippen molar-refractivity contribution in [3.8, 4) is 0 Å². The Hall–Kier alpha value is -3.78. The van der Waals surface area contributed by atoms with Gasteiger partial charge in [0.05, 0.1) is 17.2 Å². The molecular formula is C15H13N7O7. The van der Waals surface area contributed by atoms with E-state index in [4.69, 9.17) is 9.47 Å². The number of hydrogen-bond acceptors (Lipinski definition) is 10. The number of nitrogens with one attached hydrogen (secondary N) is 1. The molecule has 2 saturated heterocycles. The van der Waals surface area contributed by atoms with E-state index in [1.165, 1.54) is 35.3 Å². The number of nitro benzene ring substituents is 1. The van der Waals surface area contributed by atoms with Crippen LogP contribution in [0.2, 0.25) is 0 Å². The van der Waals surface area contributed by atoms with Crippen molar-refractivity contribution in [1.29, 1.82) is 0 Å². The van der Waals surface area contributed by atoms with Gasteiger partial charge in [0.2, 0.25) is 6.33 Å². The highest BCUT2D eigenvalue weighted by atomic mass is 16.7. The van der Waals surface area contributed by atoms with Crippen LogP contribution >= 0.6 is 0 Å². The van der Waals surface area contributed by atoms with E-state index in [2.05, 4.69) is 20.6 Å². The van der Waals surface area contributed by atoms with Crippen LogP contribution in [0, 0.1) is 20.2 Å². The molecule has 2 aliphatic heterocycles. The van der Waals surface area contributed by atoms with Gasteiger partial charge in [0.15, 0.2) is 6.29 Å². The molecule has 0 saturated carbocycles. The fourth-order valence-corrected chi connectivity index (χ4v) is 3.12. The molecule has 4 rings (SSSR count). The third-order valence-electron chi connectivity index (χ3n) is 4.48. The molecule has 150 valence electrons. The van der Waals surface area contributed by atoms with Gasteiger partial charge in [-0.2, -0.15) is 9.78 Å². The third kappa shape index (κ3) is 3.53. The maximum absolute atomic E-state index is 12.3. The smallest absolute Gasteiger partial charge is 0.390 e. The summed E-state index contributed by atoms with van der Waals surface area (Å²) in [7, 11) is 0. The molecule has 1 amide bonds. The van der Waals surface area contributed by atoms with Crippen LogP contribution in [-0.2, 0) is 9.47 Å². The summed E-state index contributed by atoms with van der Waals surface area (Å²) >= 11 is 0. The fourth-order valence-electron chi connectivity index (χ4n) is 3.12. The molecule has 2 aromatic rings. The molecule has 3 heterocycles. The number of fused-ring (bicyclic) bond motifs is 2. The zero-order valence-corrected chi connectivity index (χ0v) is 14.6. The van der Waals surface area contributed by atoms with Gasteiger partial charge in [-0.3, -0.25) is 14.9 Å². The number of carbonyl (C=O) groups is 1. The van der Waals surface area contributed by atoms with Gasteiger partial charge in [-0.05, 0) is 11.0 Å². The van der Waals surface area contributed by atoms with Crippen molar-refractivity contribution in [1.82, 2.24) is 20.2 Å². The van der Waals surface area contributed by atoms with E-state index in [1.807, 2.05) is 0 Å². The highest BCUT2D eigenvalue weighted by molar-refractivity contribution is 5.99. The highest BCUT2D eigenvalue weighted by Gasteiger charge is 2.44. The first-order chi connectivity index (χ1) is 13.9. The van der Waals surface area contributed by atoms with Gasteiger partial charge >= 0.3 is 5.95 Å². The van der Waals surface area contributed by atoms with E-state index in [9.17, 15) is 25.0 Å². The Morgan fingerprint density at radius 3 is 2.79 bits per heavy atom. The van der Waals surface area contributed by atoms with E-state index in [-0.39, 0.29) is 24.3 Å². The van der Waals surface area contributed by atoms with Crippen molar-refractivity contribution in [3.05, 3.63) is 56.4 Å². The van der Waals surface area contributed by atoms with Gasteiger partial charge in [0.1, 0.15) is 17.7 Å². The first kappa shape index (κ1) is 18.6. The number of hydrazone groups is 1. The van der Waals surface area contributed by atoms with Gasteiger partial charge in [-0.15, -0.1) is 0 Å². The minimum Gasteiger partial charge on any atom is -0.390 e. The summed E-state index contributed by atoms with van der Waals surface area (Å²) in [6.07, 6.45) is 0.244. The molecule has 29 heavy (non-hydrogen) atoms. The zero-order valence-electron chi connectivity index (χ0n) is 14.6. The van der Waals surface area contributed by atoms with E-state index in [0.29, 0.717) is 5.71 Å². The monoisotopic (exact) mass is 403 g/mol. The van der Waals surface area contributed by atoms with Gasteiger partial charge in [0, 0.05) is 17.6 Å². The molecule has 2 bridgehead atoms. The second-order valence-electron chi connectivity index (χ2n) is 6.21. The number of para-hydroxylation sites is 1. The third-order valence-corrected chi connectivity index (χ3v) is 4.48. The summed E-state index contributed by atoms with van der Waals surface area (Å²) in [5.74, 6) is -1.31. The summed E-state index contributed by atoms with van der Waals surface area (Å²) in [6, 6.07) is 4.99. The number of amides is 1. The summed E-state index contributed by atoms with van der Waals surface area (Å²) in [5.41, 5.74) is 2.09. The van der Waals surface area contributed by atoms with Gasteiger partial charge < -0.3 is 19.6 Å². The summed E-state index contributed by atoms with van der Waals surface area (Å²) in [6.45, 7) is 0.208. The Labute approximate surface area is 161 Å². The molecule has 0 aliphatic carbocycles. The highest BCUT2D eigenvalue weighted by Crippen LogP contribution is 2.33. The largest absolute Gasteiger partial charge is 0.490 e. The molecule has 0 radical (unpaired) electrons. The predicted molar refractivity (Wildman–Crippen MR) is 92.9 cm³/mol. The standard InChI is InChI=1S/C15H13N7O7/c23-13(8-3-1-2-4-10(8)21(24)25)18-17-9-5-11(12-6-28-14(9)29-12)20-7-16-15(19-20)22(26)27/h1-4,7,11-12,14H,5-6H2,(H,18,23). The summed E-state index contributed by atoms with van der Waals surface area (Å²) < 4.78 is 12.5. The maximum Gasteiger partial charge on any atom is 0.490 e. The first-order valence-electron chi connectivity index (χ1n) is 8.37. The number of benzene rings is 1. The fraction of sp³-hybridized carbons (Fsp3) is 0.333. The lowest BCUT2D eigenvalue weighted by atomic mass is 10.0. The van der Waals surface area contributed by atoms with Crippen molar-refractivity contribution in [2.75, 3.05) is 6.61 Å². The predicted octanol–water partition coefficient (Wildman–Crippen LogP) is 0.567. The van der Waals surface area contributed by atoms with Crippen molar-refractivity contribution in [3.63, 3.8) is 0 Å². The summed E-state index contributed by atoms with van der Waals surface area (Å²) in [5, 5.41) is 29.7. The topological polar surface area (TPSA) is 177 Å². The van der Waals surface area contributed by atoms with Crippen LogP contribution < -0.4 is 5.43 Å². The van der Waals surface area contributed by atoms with Crippen LogP contribution in [0.25, 0.3) is 0 Å². The minimum atomic E-state index is -0.791. The van der Waals surface area contributed by atoms with E-state index >= 15 is 0 Å². The van der Waals surface area contributed by atoms with Crippen molar-refractivity contribution in [2.45, 2.75) is 24.9 Å². The molecule has 14 nitrogen and oxygen atoms in total. The van der Waals surface area contributed by atoms with E-state index < -0.39 is 40.1 Å². The molecular weight excluding hydrogens is 390 g/mol. The van der Waals surface area contributed by atoms with E-state index in [0.717, 1.165) is 0 Å². The average molecular weight is 403 g/mol. The van der Waals surface area contributed by atoms with E-state index in [1.54, 1.807) is 0 Å². The molecule has 14 heteroatoms. The van der Waals surface area contributed by atoms with Crippen molar-refractivity contribution >= 4 is 23.3 Å². The first-order valence-corrected chi connectivity index (χ1v) is 8.37. The zero-order chi connectivity index (χ0) is 20.5. The second kappa shape index (κ2) is 7.33. The number of aromatic nitrogens is 3. The molecule has 3 unspecified atom stereocenters. The molecule has 1 aromatic heterocycles. The molecule has 1 N–H and O–H groups in total. The molecule has 2 fully saturated rings. The maximum atomic E-state index is 12.3. The molecule has 2 aliphatic rings. The van der Waals surface area contributed by atoms with Crippen molar-refractivity contribution < 1.29 is 24.1 Å². The van der Waals surface area contributed by atoms with Crippen LogP contribution in [0.4, 0.5) is 11.6 Å². The van der Waals surface area contributed by atoms with Crippen LogP contribution in [0.3, 0.4) is 0 Å². The minimum absolute atomic E-state index is 0.146. The number of rotatable bonds is 5.